The van der Waals surface area contributed by atoms with E-state index in [9.17, 15) is 14.7 Å². The minimum atomic E-state index is -1.23. The number of carbonyl (C=O) groups excluding carboxylic acids is 1. The van der Waals surface area contributed by atoms with Crippen molar-refractivity contribution in [3.05, 3.63) is 53.9 Å². The second kappa shape index (κ2) is 5.83. The third-order valence-corrected chi connectivity index (χ3v) is 2.58. The highest BCUT2D eigenvalue weighted by molar-refractivity contribution is 6.01. The number of phenols is 1. The molecule has 0 aliphatic carbocycles. The van der Waals surface area contributed by atoms with Crippen LogP contribution in [0.1, 0.15) is 16.1 Å². The molecule has 2 rings (SSSR count). The van der Waals surface area contributed by atoms with Gasteiger partial charge in [0.1, 0.15) is 5.75 Å². The maximum Gasteiger partial charge on any atom is 0.337 e. The predicted molar refractivity (Wildman–Crippen MR) is 71.6 cm³/mol. The topological polar surface area (TPSA) is 99.5 Å². The van der Waals surface area contributed by atoms with Crippen LogP contribution >= 0.6 is 0 Å². The van der Waals surface area contributed by atoms with Gasteiger partial charge < -0.3 is 15.5 Å². The van der Waals surface area contributed by atoms with Gasteiger partial charge in [-0.15, -0.1) is 0 Å². The summed E-state index contributed by atoms with van der Waals surface area (Å²) in [4.78, 5) is 26.9. The number of nitrogens with zero attached hydrogens (tertiary/aromatic N) is 1. The SMILES string of the molecule is O=C(Cc1ccccn1)Nc1ccc(O)cc1C(=O)O. The fraction of sp³-hybridized carbons (Fsp3) is 0.0714. The molecule has 102 valence electrons. The van der Waals surface area contributed by atoms with Crippen LogP contribution < -0.4 is 5.32 Å². The standard InChI is InChI=1S/C14H12N2O4/c17-10-4-5-12(11(8-10)14(19)20)16-13(18)7-9-3-1-2-6-15-9/h1-6,8,17H,7H2,(H,16,18)(H,19,20). The van der Waals surface area contributed by atoms with Crippen molar-refractivity contribution in [3.8, 4) is 5.75 Å². The third kappa shape index (κ3) is 3.32. The number of phenolic OH excluding ortho intramolecular Hbond substituents is 1. The van der Waals surface area contributed by atoms with Crippen LogP contribution in [-0.2, 0) is 11.2 Å². The molecule has 1 aromatic carbocycles. The first-order chi connectivity index (χ1) is 9.56. The number of carboxylic acids is 1. The van der Waals surface area contributed by atoms with Crippen LogP contribution in [0.5, 0.6) is 5.75 Å². The smallest absolute Gasteiger partial charge is 0.337 e. The van der Waals surface area contributed by atoms with E-state index in [-0.39, 0.29) is 29.3 Å². The lowest BCUT2D eigenvalue weighted by atomic mass is 10.1. The largest absolute Gasteiger partial charge is 0.508 e. The van der Waals surface area contributed by atoms with Crippen LogP contribution in [0, 0.1) is 0 Å². The van der Waals surface area contributed by atoms with Gasteiger partial charge in [0.25, 0.3) is 0 Å². The lowest BCUT2D eigenvalue weighted by molar-refractivity contribution is -0.115. The molecule has 0 bridgehead atoms. The molecule has 0 fully saturated rings. The molecule has 0 atom stereocenters. The van der Waals surface area contributed by atoms with Crippen LogP contribution in [0.15, 0.2) is 42.6 Å². The van der Waals surface area contributed by atoms with E-state index in [0.29, 0.717) is 5.69 Å². The van der Waals surface area contributed by atoms with Crippen molar-refractivity contribution in [2.45, 2.75) is 6.42 Å². The van der Waals surface area contributed by atoms with E-state index in [4.69, 9.17) is 5.11 Å². The molecule has 0 radical (unpaired) electrons. The normalized spacial score (nSPS) is 10.0. The molecular weight excluding hydrogens is 260 g/mol. The number of aromatic nitrogens is 1. The number of rotatable bonds is 4. The molecular formula is C14H12N2O4. The van der Waals surface area contributed by atoms with Gasteiger partial charge in [-0.25, -0.2) is 4.79 Å². The highest BCUT2D eigenvalue weighted by Gasteiger charge is 2.13. The number of hydrogen-bond donors (Lipinski definition) is 3. The summed E-state index contributed by atoms with van der Waals surface area (Å²) < 4.78 is 0. The van der Waals surface area contributed by atoms with E-state index in [1.807, 2.05) is 0 Å². The fourth-order valence-electron chi connectivity index (χ4n) is 1.68. The Morgan fingerprint density at radius 3 is 2.65 bits per heavy atom. The maximum atomic E-state index is 11.8. The second-order valence-electron chi connectivity index (χ2n) is 4.08. The zero-order valence-electron chi connectivity index (χ0n) is 10.4. The monoisotopic (exact) mass is 272 g/mol. The van der Waals surface area contributed by atoms with Crippen LogP contribution in [0.2, 0.25) is 0 Å². The molecule has 20 heavy (non-hydrogen) atoms. The number of anilines is 1. The molecule has 6 heteroatoms. The summed E-state index contributed by atoms with van der Waals surface area (Å²) in [5, 5.41) is 20.8. The van der Waals surface area contributed by atoms with E-state index in [1.54, 1.807) is 24.4 Å². The second-order valence-corrected chi connectivity index (χ2v) is 4.08. The zero-order valence-corrected chi connectivity index (χ0v) is 10.4. The van der Waals surface area contributed by atoms with Crippen molar-refractivity contribution in [2.75, 3.05) is 5.32 Å². The molecule has 1 aromatic heterocycles. The van der Waals surface area contributed by atoms with Gasteiger partial charge in [0.05, 0.1) is 17.7 Å². The van der Waals surface area contributed by atoms with Gasteiger partial charge in [0.15, 0.2) is 0 Å². The Balaban J connectivity index is 2.14. The lowest BCUT2D eigenvalue weighted by Gasteiger charge is -2.08. The van der Waals surface area contributed by atoms with Crippen LogP contribution in [0.25, 0.3) is 0 Å². The molecule has 0 spiro atoms. The first-order valence-electron chi connectivity index (χ1n) is 5.82. The molecule has 3 N–H and O–H groups in total. The summed E-state index contributed by atoms with van der Waals surface area (Å²) in [6.45, 7) is 0. The molecule has 0 aliphatic rings. The number of nitrogens with one attached hydrogen (secondary N) is 1. The van der Waals surface area contributed by atoms with Gasteiger partial charge in [0, 0.05) is 11.9 Å². The van der Waals surface area contributed by atoms with Crippen molar-refractivity contribution in [2.24, 2.45) is 0 Å². The van der Waals surface area contributed by atoms with E-state index in [1.165, 1.54) is 12.1 Å². The number of amides is 1. The Hall–Kier alpha value is -2.89. The Morgan fingerprint density at radius 2 is 2.00 bits per heavy atom. The first-order valence-corrected chi connectivity index (χ1v) is 5.82. The minimum absolute atomic E-state index is 0.0424. The maximum absolute atomic E-state index is 11.8. The highest BCUT2D eigenvalue weighted by Crippen LogP contribution is 2.21. The summed E-state index contributed by atoms with van der Waals surface area (Å²) in [7, 11) is 0. The molecule has 1 amide bonds. The molecule has 0 saturated heterocycles. The first kappa shape index (κ1) is 13.5. The molecule has 2 aromatic rings. The Morgan fingerprint density at radius 1 is 1.20 bits per heavy atom. The minimum Gasteiger partial charge on any atom is -0.508 e. The fourth-order valence-corrected chi connectivity index (χ4v) is 1.68. The summed E-state index contributed by atoms with van der Waals surface area (Å²) in [5.74, 6) is -1.78. The Kier molecular flexibility index (Phi) is 3.95. The molecule has 0 saturated carbocycles. The van der Waals surface area contributed by atoms with Crippen molar-refractivity contribution >= 4 is 17.6 Å². The Bertz CT molecular complexity index is 641. The quantitative estimate of drug-likeness (QED) is 0.735. The number of hydrogen-bond acceptors (Lipinski definition) is 4. The summed E-state index contributed by atoms with van der Waals surface area (Å²) in [6, 6.07) is 8.94. The van der Waals surface area contributed by atoms with Crippen LogP contribution in [-0.4, -0.2) is 27.1 Å². The van der Waals surface area contributed by atoms with Gasteiger partial charge >= 0.3 is 5.97 Å². The average Bonchev–Trinajstić information content (AvgIpc) is 2.41. The van der Waals surface area contributed by atoms with Crippen molar-refractivity contribution in [1.29, 1.82) is 0 Å². The molecule has 0 unspecified atom stereocenters. The van der Waals surface area contributed by atoms with Crippen molar-refractivity contribution in [3.63, 3.8) is 0 Å². The number of aromatic carboxylic acids is 1. The van der Waals surface area contributed by atoms with Gasteiger partial charge in [-0.05, 0) is 30.3 Å². The van der Waals surface area contributed by atoms with E-state index >= 15 is 0 Å². The average molecular weight is 272 g/mol. The number of benzene rings is 1. The summed E-state index contributed by atoms with van der Waals surface area (Å²) in [6.07, 6.45) is 1.62. The van der Waals surface area contributed by atoms with Gasteiger partial charge in [-0.1, -0.05) is 6.07 Å². The summed E-state index contributed by atoms with van der Waals surface area (Å²) >= 11 is 0. The Labute approximate surface area is 114 Å². The number of pyridine rings is 1. The van der Waals surface area contributed by atoms with Crippen LogP contribution in [0.4, 0.5) is 5.69 Å². The predicted octanol–water partition coefficient (Wildman–Crippen LogP) is 1.67. The summed E-state index contributed by atoms with van der Waals surface area (Å²) in [5.41, 5.74) is 0.552. The number of aromatic hydroxyl groups is 1. The molecule has 1 heterocycles. The van der Waals surface area contributed by atoms with E-state index in [2.05, 4.69) is 10.3 Å². The zero-order chi connectivity index (χ0) is 14.5. The van der Waals surface area contributed by atoms with Crippen molar-refractivity contribution in [1.82, 2.24) is 4.98 Å². The van der Waals surface area contributed by atoms with Gasteiger partial charge in [0.2, 0.25) is 5.91 Å². The molecule has 6 nitrogen and oxygen atoms in total. The molecule has 0 aliphatic heterocycles. The van der Waals surface area contributed by atoms with Crippen molar-refractivity contribution < 1.29 is 19.8 Å². The number of carboxylic acid groups (broad SMARTS) is 1. The third-order valence-electron chi connectivity index (χ3n) is 2.58. The van der Waals surface area contributed by atoms with Crippen LogP contribution in [0.3, 0.4) is 0 Å². The van der Waals surface area contributed by atoms with Gasteiger partial charge in [-0.2, -0.15) is 0 Å². The van der Waals surface area contributed by atoms with Gasteiger partial charge in [-0.3, -0.25) is 9.78 Å². The lowest BCUT2D eigenvalue weighted by Crippen LogP contribution is -2.17. The van der Waals surface area contributed by atoms with E-state index in [0.717, 1.165) is 6.07 Å². The van der Waals surface area contributed by atoms with E-state index < -0.39 is 5.97 Å². The highest BCUT2D eigenvalue weighted by atomic mass is 16.4. The number of carbonyl (C=O) groups is 2.